The van der Waals surface area contributed by atoms with Gasteiger partial charge in [0.15, 0.2) is 0 Å². The SMILES string of the molecule is C[C@H](NC(=O)Cn1cnc2ccccc2c1=O)c1cccc(F)c1. The summed E-state index contributed by atoms with van der Waals surface area (Å²) in [7, 11) is 0. The van der Waals surface area contributed by atoms with E-state index >= 15 is 0 Å². The number of aromatic nitrogens is 2. The average molecular weight is 325 g/mol. The van der Waals surface area contributed by atoms with Crippen molar-refractivity contribution in [1.29, 1.82) is 0 Å². The Kier molecular flexibility index (Phi) is 4.37. The van der Waals surface area contributed by atoms with Crippen molar-refractivity contribution in [1.82, 2.24) is 14.9 Å². The van der Waals surface area contributed by atoms with E-state index in [-0.39, 0.29) is 29.9 Å². The van der Waals surface area contributed by atoms with Gasteiger partial charge in [-0.3, -0.25) is 14.2 Å². The number of carbonyl (C=O) groups is 1. The highest BCUT2D eigenvalue weighted by Gasteiger charge is 2.12. The van der Waals surface area contributed by atoms with Crippen LogP contribution in [0.25, 0.3) is 10.9 Å². The predicted octanol–water partition coefficient (Wildman–Crippen LogP) is 2.41. The second kappa shape index (κ2) is 6.62. The van der Waals surface area contributed by atoms with Crippen LogP contribution in [0.3, 0.4) is 0 Å². The lowest BCUT2D eigenvalue weighted by Crippen LogP contribution is -2.34. The monoisotopic (exact) mass is 325 g/mol. The van der Waals surface area contributed by atoms with Gasteiger partial charge in [0.05, 0.1) is 23.3 Å². The molecule has 0 unspecified atom stereocenters. The van der Waals surface area contributed by atoms with E-state index in [1.807, 2.05) is 0 Å². The number of para-hydroxylation sites is 1. The van der Waals surface area contributed by atoms with Crippen molar-refractivity contribution >= 4 is 16.8 Å². The van der Waals surface area contributed by atoms with Gasteiger partial charge < -0.3 is 5.32 Å². The molecular formula is C18H16FN3O2. The smallest absolute Gasteiger partial charge is 0.261 e. The minimum atomic E-state index is -0.364. The fraction of sp³-hybridized carbons (Fsp3) is 0.167. The molecule has 122 valence electrons. The average Bonchev–Trinajstić information content (AvgIpc) is 2.57. The lowest BCUT2D eigenvalue weighted by atomic mass is 10.1. The molecule has 3 rings (SSSR count). The summed E-state index contributed by atoms with van der Waals surface area (Å²) >= 11 is 0. The van der Waals surface area contributed by atoms with E-state index in [1.54, 1.807) is 43.3 Å². The standard InChI is InChI=1S/C18H16FN3O2/c1-12(13-5-4-6-14(19)9-13)21-17(23)10-22-11-20-16-8-3-2-7-15(16)18(22)24/h2-9,11-12H,10H2,1H3,(H,21,23)/t12-/m0/s1. The minimum absolute atomic E-state index is 0.143. The van der Waals surface area contributed by atoms with E-state index in [2.05, 4.69) is 10.3 Å². The van der Waals surface area contributed by atoms with Gasteiger partial charge in [-0.1, -0.05) is 24.3 Å². The zero-order valence-corrected chi connectivity index (χ0v) is 13.1. The van der Waals surface area contributed by atoms with E-state index in [4.69, 9.17) is 0 Å². The number of nitrogens with one attached hydrogen (secondary N) is 1. The number of amides is 1. The molecule has 0 fully saturated rings. The van der Waals surface area contributed by atoms with Crippen LogP contribution >= 0.6 is 0 Å². The van der Waals surface area contributed by atoms with Crippen molar-refractivity contribution in [2.24, 2.45) is 0 Å². The largest absolute Gasteiger partial charge is 0.348 e. The van der Waals surface area contributed by atoms with Crippen LogP contribution < -0.4 is 10.9 Å². The lowest BCUT2D eigenvalue weighted by molar-refractivity contribution is -0.122. The Hall–Kier alpha value is -3.02. The number of halogens is 1. The molecule has 1 atom stereocenters. The first-order valence-electron chi connectivity index (χ1n) is 7.53. The molecule has 1 heterocycles. The maximum absolute atomic E-state index is 13.2. The first kappa shape index (κ1) is 15.9. The Morgan fingerprint density at radius 3 is 2.83 bits per heavy atom. The quantitative estimate of drug-likeness (QED) is 0.801. The molecule has 1 amide bonds. The Balaban J connectivity index is 1.75. The van der Waals surface area contributed by atoms with Gasteiger partial charge >= 0.3 is 0 Å². The van der Waals surface area contributed by atoms with Crippen molar-refractivity contribution in [2.45, 2.75) is 19.5 Å². The summed E-state index contributed by atoms with van der Waals surface area (Å²) < 4.78 is 14.5. The Bertz CT molecular complexity index is 952. The predicted molar refractivity (Wildman–Crippen MR) is 89.0 cm³/mol. The number of benzene rings is 2. The third kappa shape index (κ3) is 3.32. The van der Waals surface area contributed by atoms with Gasteiger partial charge in [0.25, 0.3) is 5.56 Å². The first-order valence-corrected chi connectivity index (χ1v) is 7.53. The molecule has 1 N–H and O–H groups in total. The molecule has 1 aromatic heterocycles. The van der Waals surface area contributed by atoms with Crippen molar-refractivity contribution in [3.05, 3.63) is 76.6 Å². The zero-order chi connectivity index (χ0) is 17.1. The molecule has 0 saturated carbocycles. The Morgan fingerprint density at radius 2 is 2.04 bits per heavy atom. The van der Waals surface area contributed by atoms with Crippen LogP contribution in [-0.4, -0.2) is 15.5 Å². The highest BCUT2D eigenvalue weighted by molar-refractivity contribution is 5.79. The van der Waals surface area contributed by atoms with E-state index in [0.29, 0.717) is 16.5 Å². The minimum Gasteiger partial charge on any atom is -0.348 e. The van der Waals surface area contributed by atoms with Crippen LogP contribution in [0.4, 0.5) is 4.39 Å². The summed E-state index contributed by atoms with van der Waals surface area (Å²) in [4.78, 5) is 28.7. The van der Waals surface area contributed by atoms with Crippen LogP contribution in [0.5, 0.6) is 0 Å². The molecule has 3 aromatic rings. The maximum atomic E-state index is 13.2. The molecule has 0 bridgehead atoms. The normalized spacial score (nSPS) is 12.1. The molecular weight excluding hydrogens is 309 g/mol. The van der Waals surface area contributed by atoms with Crippen molar-refractivity contribution < 1.29 is 9.18 Å². The molecule has 24 heavy (non-hydrogen) atoms. The molecule has 0 aliphatic heterocycles. The Morgan fingerprint density at radius 1 is 1.25 bits per heavy atom. The van der Waals surface area contributed by atoms with Gasteiger partial charge in [0.2, 0.25) is 5.91 Å². The molecule has 0 aliphatic carbocycles. The second-order valence-electron chi connectivity index (χ2n) is 5.54. The van der Waals surface area contributed by atoms with Crippen LogP contribution in [0.1, 0.15) is 18.5 Å². The fourth-order valence-corrected chi connectivity index (χ4v) is 2.52. The third-order valence-corrected chi connectivity index (χ3v) is 3.77. The highest BCUT2D eigenvalue weighted by atomic mass is 19.1. The van der Waals surface area contributed by atoms with Gasteiger partial charge in [-0.15, -0.1) is 0 Å². The lowest BCUT2D eigenvalue weighted by Gasteiger charge is -2.15. The fourth-order valence-electron chi connectivity index (χ4n) is 2.52. The van der Waals surface area contributed by atoms with E-state index in [1.165, 1.54) is 23.0 Å². The second-order valence-corrected chi connectivity index (χ2v) is 5.54. The first-order chi connectivity index (χ1) is 11.5. The van der Waals surface area contributed by atoms with Gasteiger partial charge in [-0.05, 0) is 36.8 Å². The number of nitrogens with zero attached hydrogens (tertiary/aromatic N) is 2. The van der Waals surface area contributed by atoms with Crippen molar-refractivity contribution in [2.75, 3.05) is 0 Å². The summed E-state index contributed by atoms with van der Waals surface area (Å²) in [6, 6.07) is 12.6. The topological polar surface area (TPSA) is 64.0 Å². The molecule has 0 aliphatic rings. The van der Waals surface area contributed by atoms with Crippen molar-refractivity contribution in [3.8, 4) is 0 Å². The van der Waals surface area contributed by atoms with E-state index < -0.39 is 0 Å². The number of hydrogen-bond acceptors (Lipinski definition) is 3. The zero-order valence-electron chi connectivity index (χ0n) is 13.1. The summed E-state index contributed by atoms with van der Waals surface area (Å²) in [6.07, 6.45) is 1.36. The van der Waals surface area contributed by atoms with Crippen LogP contribution in [0.15, 0.2) is 59.7 Å². The number of fused-ring (bicyclic) bond motifs is 1. The van der Waals surface area contributed by atoms with Gasteiger partial charge in [-0.2, -0.15) is 0 Å². The van der Waals surface area contributed by atoms with Gasteiger partial charge in [-0.25, -0.2) is 9.37 Å². The summed E-state index contributed by atoms with van der Waals surface area (Å²) in [5.74, 6) is -0.700. The maximum Gasteiger partial charge on any atom is 0.261 e. The molecule has 0 radical (unpaired) electrons. The molecule has 5 nitrogen and oxygen atoms in total. The molecule has 0 spiro atoms. The molecule has 2 aromatic carbocycles. The van der Waals surface area contributed by atoms with Crippen LogP contribution in [0.2, 0.25) is 0 Å². The highest BCUT2D eigenvalue weighted by Crippen LogP contribution is 2.13. The van der Waals surface area contributed by atoms with E-state index in [9.17, 15) is 14.0 Å². The number of hydrogen-bond donors (Lipinski definition) is 1. The molecule has 6 heteroatoms. The van der Waals surface area contributed by atoms with Crippen molar-refractivity contribution in [3.63, 3.8) is 0 Å². The van der Waals surface area contributed by atoms with Crippen LogP contribution in [0, 0.1) is 5.82 Å². The number of carbonyl (C=O) groups excluding carboxylic acids is 1. The van der Waals surface area contributed by atoms with E-state index in [0.717, 1.165) is 0 Å². The Labute approximate surface area is 137 Å². The molecule has 0 saturated heterocycles. The van der Waals surface area contributed by atoms with Crippen LogP contribution in [-0.2, 0) is 11.3 Å². The summed E-state index contributed by atoms with van der Waals surface area (Å²) in [6.45, 7) is 1.62. The van der Waals surface area contributed by atoms with Gasteiger partial charge in [0.1, 0.15) is 12.4 Å². The third-order valence-electron chi connectivity index (χ3n) is 3.77. The summed E-state index contributed by atoms with van der Waals surface area (Å²) in [5, 5.41) is 3.22. The van der Waals surface area contributed by atoms with Gasteiger partial charge in [0, 0.05) is 0 Å². The summed E-state index contributed by atoms with van der Waals surface area (Å²) in [5.41, 5.74) is 0.980. The number of rotatable bonds is 4.